The molecular weight excluding hydrogens is 340 g/mol. The number of aryl methyl sites for hydroxylation is 2. The summed E-state index contributed by atoms with van der Waals surface area (Å²) in [5.74, 6) is 0.00238. The van der Waals surface area contributed by atoms with Crippen molar-refractivity contribution in [3.8, 4) is 0 Å². The van der Waals surface area contributed by atoms with Crippen LogP contribution in [0.4, 0.5) is 0 Å². The molecule has 1 aromatic heterocycles. The molecule has 134 valence electrons. The number of hydrogen-bond acceptors (Lipinski definition) is 5. The van der Waals surface area contributed by atoms with Crippen molar-refractivity contribution in [2.45, 2.75) is 50.3 Å². The Balaban J connectivity index is 2.14. The zero-order valence-electron chi connectivity index (χ0n) is 14.5. The maximum Gasteiger partial charge on any atom is 0.326 e. The second-order valence-electron chi connectivity index (χ2n) is 5.74. The molecule has 0 aliphatic carbocycles. The summed E-state index contributed by atoms with van der Waals surface area (Å²) in [5, 5.41) is 15.8. The zero-order chi connectivity index (χ0) is 18.4. The lowest BCUT2D eigenvalue weighted by atomic mass is 10.1. The molecule has 0 radical (unpaired) electrons. The SMILES string of the molecule is CCCC(NC(=O)c1ccccc1SCc1c(C)noc1C)C(=O)O. The highest BCUT2D eigenvalue weighted by Crippen LogP contribution is 2.28. The number of carboxylic acids is 1. The number of hydrogen-bond donors (Lipinski definition) is 2. The Kier molecular flexibility index (Phi) is 6.64. The molecule has 0 aliphatic heterocycles. The van der Waals surface area contributed by atoms with Gasteiger partial charge in [0, 0.05) is 16.2 Å². The minimum Gasteiger partial charge on any atom is -0.480 e. The summed E-state index contributed by atoms with van der Waals surface area (Å²) in [5.41, 5.74) is 2.32. The van der Waals surface area contributed by atoms with Crippen molar-refractivity contribution >= 4 is 23.6 Å². The first-order valence-corrected chi connectivity index (χ1v) is 9.09. The molecule has 6 nitrogen and oxygen atoms in total. The summed E-state index contributed by atoms with van der Waals surface area (Å²) >= 11 is 1.50. The Hall–Kier alpha value is -2.28. The van der Waals surface area contributed by atoms with Gasteiger partial charge >= 0.3 is 5.97 Å². The molecule has 0 bridgehead atoms. The lowest BCUT2D eigenvalue weighted by Crippen LogP contribution is -2.40. The fraction of sp³-hybridized carbons (Fsp3) is 0.389. The van der Waals surface area contributed by atoms with Gasteiger partial charge in [0.1, 0.15) is 11.8 Å². The van der Waals surface area contributed by atoms with Crippen LogP contribution in [0.25, 0.3) is 0 Å². The average Bonchev–Trinajstić information content (AvgIpc) is 2.91. The fourth-order valence-electron chi connectivity index (χ4n) is 2.42. The summed E-state index contributed by atoms with van der Waals surface area (Å²) in [6, 6.07) is 6.30. The highest BCUT2D eigenvalue weighted by Gasteiger charge is 2.21. The summed E-state index contributed by atoms with van der Waals surface area (Å²) in [4.78, 5) is 24.6. The number of aromatic nitrogens is 1. The molecule has 7 heteroatoms. The molecule has 25 heavy (non-hydrogen) atoms. The van der Waals surface area contributed by atoms with E-state index in [2.05, 4.69) is 10.5 Å². The van der Waals surface area contributed by atoms with Gasteiger partial charge in [0.15, 0.2) is 0 Å². The number of thioether (sulfide) groups is 1. The number of rotatable bonds is 8. The number of amides is 1. The number of nitrogens with one attached hydrogen (secondary N) is 1. The minimum absolute atomic E-state index is 0.372. The van der Waals surface area contributed by atoms with Crippen LogP contribution in [0.2, 0.25) is 0 Å². The van der Waals surface area contributed by atoms with E-state index in [1.165, 1.54) is 11.8 Å². The third-order valence-electron chi connectivity index (χ3n) is 3.87. The second-order valence-corrected chi connectivity index (χ2v) is 6.76. The number of carboxylic acid groups (broad SMARTS) is 1. The van der Waals surface area contributed by atoms with E-state index in [0.29, 0.717) is 24.2 Å². The number of aliphatic carboxylic acids is 1. The summed E-state index contributed by atoms with van der Waals surface area (Å²) < 4.78 is 5.16. The van der Waals surface area contributed by atoms with Crippen molar-refractivity contribution in [3.05, 3.63) is 46.8 Å². The standard InChI is InChI=1S/C18H22N2O4S/c1-4-7-15(18(22)23)19-17(21)13-8-5-6-9-16(13)25-10-14-11(2)20-24-12(14)3/h5-6,8-9,15H,4,7,10H2,1-3H3,(H,19,21)(H,22,23). The van der Waals surface area contributed by atoms with Crippen LogP contribution in [-0.4, -0.2) is 28.2 Å². The first-order valence-electron chi connectivity index (χ1n) is 8.11. The molecule has 1 heterocycles. The van der Waals surface area contributed by atoms with Crippen molar-refractivity contribution in [2.75, 3.05) is 0 Å². The molecule has 2 N–H and O–H groups in total. The molecule has 1 amide bonds. The number of nitrogens with zero attached hydrogens (tertiary/aromatic N) is 1. The van der Waals surface area contributed by atoms with E-state index in [4.69, 9.17) is 4.52 Å². The van der Waals surface area contributed by atoms with Gasteiger partial charge < -0.3 is 14.9 Å². The van der Waals surface area contributed by atoms with Crippen LogP contribution in [0.15, 0.2) is 33.7 Å². The van der Waals surface area contributed by atoms with Crippen molar-refractivity contribution in [2.24, 2.45) is 0 Å². The van der Waals surface area contributed by atoms with E-state index >= 15 is 0 Å². The van der Waals surface area contributed by atoms with Gasteiger partial charge in [0.2, 0.25) is 0 Å². The van der Waals surface area contributed by atoms with Gasteiger partial charge in [0.25, 0.3) is 5.91 Å². The van der Waals surface area contributed by atoms with Gasteiger partial charge in [0.05, 0.1) is 11.3 Å². The van der Waals surface area contributed by atoms with Crippen LogP contribution in [0.3, 0.4) is 0 Å². The number of carbonyl (C=O) groups is 2. The number of carbonyl (C=O) groups excluding carboxylic acids is 1. The Morgan fingerprint density at radius 2 is 2.04 bits per heavy atom. The number of benzene rings is 1. The van der Waals surface area contributed by atoms with E-state index in [-0.39, 0.29) is 5.91 Å². The van der Waals surface area contributed by atoms with Crippen molar-refractivity contribution in [3.63, 3.8) is 0 Å². The highest BCUT2D eigenvalue weighted by molar-refractivity contribution is 7.98. The zero-order valence-corrected chi connectivity index (χ0v) is 15.4. The molecule has 1 unspecified atom stereocenters. The molecule has 1 aromatic carbocycles. The lowest BCUT2D eigenvalue weighted by Gasteiger charge is -2.15. The van der Waals surface area contributed by atoms with Crippen LogP contribution in [0.1, 0.15) is 47.1 Å². The fourth-order valence-corrected chi connectivity index (χ4v) is 3.62. The van der Waals surface area contributed by atoms with Gasteiger partial charge in [-0.3, -0.25) is 4.79 Å². The molecular formula is C18H22N2O4S. The highest BCUT2D eigenvalue weighted by atomic mass is 32.2. The Morgan fingerprint density at radius 3 is 2.64 bits per heavy atom. The third kappa shape index (κ3) is 4.85. The van der Waals surface area contributed by atoms with E-state index in [0.717, 1.165) is 21.9 Å². The molecule has 0 aliphatic rings. The molecule has 1 atom stereocenters. The van der Waals surface area contributed by atoms with Crippen LogP contribution < -0.4 is 5.32 Å². The minimum atomic E-state index is -1.02. The van der Waals surface area contributed by atoms with E-state index in [1.807, 2.05) is 32.9 Å². The van der Waals surface area contributed by atoms with Gasteiger partial charge in [-0.2, -0.15) is 0 Å². The largest absolute Gasteiger partial charge is 0.480 e. The topological polar surface area (TPSA) is 92.4 Å². The van der Waals surface area contributed by atoms with Crippen molar-refractivity contribution < 1.29 is 19.2 Å². The Bertz CT molecular complexity index is 738. The normalized spacial score (nSPS) is 12.0. The van der Waals surface area contributed by atoms with Crippen LogP contribution in [0.5, 0.6) is 0 Å². The molecule has 0 saturated carbocycles. The van der Waals surface area contributed by atoms with E-state index < -0.39 is 12.0 Å². The van der Waals surface area contributed by atoms with Crippen LogP contribution in [-0.2, 0) is 10.5 Å². The maximum absolute atomic E-state index is 12.5. The smallest absolute Gasteiger partial charge is 0.326 e. The first kappa shape index (κ1) is 19.1. The Morgan fingerprint density at radius 1 is 1.32 bits per heavy atom. The van der Waals surface area contributed by atoms with Gasteiger partial charge in [-0.05, 0) is 32.4 Å². The molecule has 2 aromatic rings. The summed E-state index contributed by atoms with van der Waals surface area (Å²) in [6.07, 6.45) is 1.08. The quantitative estimate of drug-likeness (QED) is 0.698. The lowest BCUT2D eigenvalue weighted by molar-refractivity contribution is -0.139. The molecule has 0 fully saturated rings. The van der Waals surface area contributed by atoms with Crippen molar-refractivity contribution in [1.29, 1.82) is 0 Å². The van der Waals surface area contributed by atoms with Crippen LogP contribution >= 0.6 is 11.8 Å². The third-order valence-corrected chi connectivity index (χ3v) is 4.97. The van der Waals surface area contributed by atoms with Gasteiger partial charge in [-0.1, -0.05) is 30.6 Å². The molecule has 2 rings (SSSR count). The predicted octanol–water partition coefficient (Wildman–Crippen LogP) is 3.57. The summed E-state index contributed by atoms with van der Waals surface area (Å²) in [7, 11) is 0. The van der Waals surface area contributed by atoms with Crippen molar-refractivity contribution in [1.82, 2.24) is 10.5 Å². The Labute approximate surface area is 151 Å². The van der Waals surface area contributed by atoms with E-state index in [9.17, 15) is 14.7 Å². The maximum atomic E-state index is 12.5. The second kappa shape index (κ2) is 8.71. The van der Waals surface area contributed by atoms with Crippen LogP contribution in [0, 0.1) is 13.8 Å². The molecule has 0 saturated heterocycles. The monoisotopic (exact) mass is 362 g/mol. The average molecular weight is 362 g/mol. The first-order chi connectivity index (χ1) is 11.9. The molecule has 0 spiro atoms. The summed E-state index contributed by atoms with van der Waals surface area (Å²) in [6.45, 7) is 5.62. The van der Waals surface area contributed by atoms with E-state index in [1.54, 1.807) is 12.1 Å². The van der Waals surface area contributed by atoms with Gasteiger partial charge in [-0.15, -0.1) is 11.8 Å². The van der Waals surface area contributed by atoms with Gasteiger partial charge in [-0.25, -0.2) is 4.79 Å². The predicted molar refractivity (Wildman–Crippen MR) is 95.8 cm³/mol.